The molecule has 8 heteroatoms. The van der Waals surface area contributed by atoms with Crippen molar-refractivity contribution in [3.8, 4) is 11.9 Å². The van der Waals surface area contributed by atoms with Gasteiger partial charge in [0, 0.05) is 31.0 Å². The third-order valence-electron chi connectivity index (χ3n) is 4.72. The zero-order valence-corrected chi connectivity index (χ0v) is 14.8. The quantitative estimate of drug-likeness (QED) is 0.748. The molecular formula is C18H17ClFN5O. The molecule has 2 aliphatic rings. The van der Waals surface area contributed by atoms with Gasteiger partial charge >= 0.3 is 0 Å². The smallest absolute Gasteiger partial charge is 0.235 e. The van der Waals surface area contributed by atoms with E-state index in [-0.39, 0.29) is 5.92 Å². The first-order chi connectivity index (χ1) is 12.6. The van der Waals surface area contributed by atoms with Crippen LogP contribution in [0.4, 0.5) is 10.1 Å². The third-order valence-corrected chi connectivity index (χ3v) is 5.01. The molecule has 0 unspecified atom stereocenters. The fourth-order valence-corrected chi connectivity index (χ4v) is 3.36. The van der Waals surface area contributed by atoms with E-state index in [1.807, 2.05) is 4.90 Å². The minimum Gasteiger partial charge on any atom is -0.476 e. The maximum Gasteiger partial charge on any atom is 0.235 e. The molecule has 2 fully saturated rings. The van der Waals surface area contributed by atoms with Crippen LogP contribution in [0.3, 0.4) is 0 Å². The standard InChI is InChI=1S/C18H17ClFN5O/c19-14-8-22-16(20)5-15(14)25-4-3-11(9-25)10-26-18-13(6-21)7-23-17(24-18)12-1-2-12/h5,7-8,11-12H,1-4,9-10H2/t11-/m1/s1. The Morgan fingerprint density at radius 3 is 2.92 bits per heavy atom. The Morgan fingerprint density at radius 1 is 1.31 bits per heavy atom. The first kappa shape index (κ1) is 17.0. The Kier molecular flexibility index (Phi) is 4.60. The van der Waals surface area contributed by atoms with Crippen molar-refractivity contribution in [2.45, 2.75) is 25.2 Å². The fraction of sp³-hybridized carbons (Fsp3) is 0.444. The summed E-state index contributed by atoms with van der Waals surface area (Å²) in [6, 6.07) is 3.43. The Labute approximate surface area is 155 Å². The lowest BCUT2D eigenvalue weighted by atomic mass is 10.1. The summed E-state index contributed by atoms with van der Waals surface area (Å²) in [7, 11) is 0. The molecule has 0 amide bonds. The van der Waals surface area contributed by atoms with Crippen LogP contribution in [0.5, 0.6) is 5.88 Å². The second-order valence-electron chi connectivity index (χ2n) is 6.70. The Balaban J connectivity index is 1.41. The topological polar surface area (TPSA) is 74.9 Å². The van der Waals surface area contributed by atoms with Crippen LogP contribution in [0, 0.1) is 23.2 Å². The van der Waals surface area contributed by atoms with E-state index in [1.54, 1.807) is 0 Å². The molecule has 1 atom stereocenters. The van der Waals surface area contributed by atoms with Gasteiger partial charge in [-0.05, 0) is 19.3 Å². The molecule has 134 valence electrons. The Bertz CT molecular complexity index is 867. The highest BCUT2D eigenvalue weighted by molar-refractivity contribution is 6.33. The van der Waals surface area contributed by atoms with Crippen LogP contribution in [-0.4, -0.2) is 34.6 Å². The van der Waals surface area contributed by atoms with E-state index < -0.39 is 5.95 Å². The summed E-state index contributed by atoms with van der Waals surface area (Å²) in [4.78, 5) is 14.3. The molecule has 0 radical (unpaired) electrons. The van der Waals surface area contributed by atoms with Crippen molar-refractivity contribution in [2.75, 3.05) is 24.6 Å². The van der Waals surface area contributed by atoms with Crippen LogP contribution in [0.25, 0.3) is 0 Å². The van der Waals surface area contributed by atoms with E-state index >= 15 is 0 Å². The summed E-state index contributed by atoms with van der Waals surface area (Å²) >= 11 is 6.13. The molecule has 6 nitrogen and oxygen atoms in total. The summed E-state index contributed by atoms with van der Waals surface area (Å²) < 4.78 is 19.2. The van der Waals surface area contributed by atoms with E-state index in [0.717, 1.165) is 31.6 Å². The number of ether oxygens (including phenoxy) is 1. The number of aromatic nitrogens is 3. The van der Waals surface area contributed by atoms with Crippen LogP contribution in [0.1, 0.15) is 36.6 Å². The van der Waals surface area contributed by atoms with Gasteiger partial charge in [-0.2, -0.15) is 14.6 Å². The van der Waals surface area contributed by atoms with Gasteiger partial charge in [0.2, 0.25) is 11.8 Å². The zero-order chi connectivity index (χ0) is 18.1. The highest BCUT2D eigenvalue weighted by Gasteiger charge is 2.29. The molecule has 0 spiro atoms. The SMILES string of the molecule is N#Cc1cnc(C2CC2)nc1OC[C@@H]1CCN(c2cc(F)ncc2Cl)C1. The normalized spacial score (nSPS) is 19.4. The molecule has 0 bridgehead atoms. The Hall–Kier alpha value is -2.46. The van der Waals surface area contributed by atoms with Crippen molar-refractivity contribution in [3.05, 3.63) is 40.8 Å². The summed E-state index contributed by atoms with van der Waals surface area (Å²) in [6.07, 6.45) is 5.94. The predicted molar refractivity (Wildman–Crippen MR) is 93.7 cm³/mol. The number of anilines is 1. The molecule has 0 aromatic carbocycles. The van der Waals surface area contributed by atoms with E-state index in [0.29, 0.717) is 41.2 Å². The summed E-state index contributed by atoms with van der Waals surface area (Å²) in [5, 5.41) is 9.66. The van der Waals surface area contributed by atoms with Crippen LogP contribution >= 0.6 is 11.6 Å². The number of nitriles is 1. The zero-order valence-electron chi connectivity index (χ0n) is 14.0. The van der Waals surface area contributed by atoms with Gasteiger partial charge < -0.3 is 9.64 Å². The van der Waals surface area contributed by atoms with Gasteiger partial charge in [-0.15, -0.1) is 0 Å². The molecule has 2 aromatic heterocycles. The van der Waals surface area contributed by atoms with Crippen molar-refractivity contribution in [1.29, 1.82) is 5.26 Å². The molecule has 1 aliphatic carbocycles. The number of nitrogens with zero attached hydrogens (tertiary/aromatic N) is 5. The van der Waals surface area contributed by atoms with Crippen LogP contribution in [0.2, 0.25) is 5.02 Å². The average molecular weight is 374 g/mol. The van der Waals surface area contributed by atoms with Gasteiger partial charge in [-0.3, -0.25) is 0 Å². The molecule has 26 heavy (non-hydrogen) atoms. The lowest BCUT2D eigenvalue weighted by Crippen LogP contribution is -2.22. The van der Waals surface area contributed by atoms with Crippen molar-refractivity contribution < 1.29 is 9.13 Å². The maximum atomic E-state index is 13.4. The lowest BCUT2D eigenvalue weighted by molar-refractivity contribution is 0.250. The Morgan fingerprint density at radius 2 is 2.15 bits per heavy atom. The molecule has 2 aromatic rings. The third kappa shape index (κ3) is 3.56. The largest absolute Gasteiger partial charge is 0.476 e. The van der Waals surface area contributed by atoms with Crippen molar-refractivity contribution >= 4 is 17.3 Å². The highest BCUT2D eigenvalue weighted by Crippen LogP contribution is 2.38. The molecule has 1 aliphatic heterocycles. The van der Waals surface area contributed by atoms with Crippen LogP contribution < -0.4 is 9.64 Å². The first-order valence-corrected chi connectivity index (χ1v) is 8.97. The minimum atomic E-state index is -0.545. The summed E-state index contributed by atoms with van der Waals surface area (Å²) in [6.45, 7) is 1.91. The van der Waals surface area contributed by atoms with Gasteiger partial charge in [0.05, 0.1) is 29.7 Å². The average Bonchev–Trinajstić information content (AvgIpc) is 3.40. The van der Waals surface area contributed by atoms with Gasteiger partial charge in [-0.1, -0.05) is 11.6 Å². The predicted octanol–water partition coefficient (Wildman–Crippen LogP) is 3.32. The molecule has 3 heterocycles. The lowest BCUT2D eigenvalue weighted by Gasteiger charge is -2.20. The van der Waals surface area contributed by atoms with E-state index in [2.05, 4.69) is 21.0 Å². The van der Waals surface area contributed by atoms with Crippen LogP contribution in [0.15, 0.2) is 18.5 Å². The number of hydrogen-bond donors (Lipinski definition) is 0. The molecule has 4 rings (SSSR count). The number of rotatable bonds is 5. The van der Waals surface area contributed by atoms with E-state index in [4.69, 9.17) is 16.3 Å². The van der Waals surface area contributed by atoms with Crippen molar-refractivity contribution in [1.82, 2.24) is 15.0 Å². The number of hydrogen-bond acceptors (Lipinski definition) is 6. The van der Waals surface area contributed by atoms with Crippen LogP contribution in [-0.2, 0) is 0 Å². The molecule has 0 N–H and O–H groups in total. The highest BCUT2D eigenvalue weighted by atomic mass is 35.5. The minimum absolute atomic E-state index is 0.244. The summed E-state index contributed by atoms with van der Waals surface area (Å²) in [5.41, 5.74) is 1.00. The molecular weight excluding hydrogens is 357 g/mol. The van der Waals surface area contributed by atoms with Crippen molar-refractivity contribution in [2.24, 2.45) is 5.92 Å². The molecule has 1 saturated carbocycles. The number of pyridine rings is 1. The van der Waals surface area contributed by atoms with Gasteiger partial charge in [-0.25, -0.2) is 9.97 Å². The second-order valence-corrected chi connectivity index (χ2v) is 7.11. The van der Waals surface area contributed by atoms with Crippen molar-refractivity contribution in [3.63, 3.8) is 0 Å². The maximum absolute atomic E-state index is 13.4. The fourth-order valence-electron chi connectivity index (χ4n) is 3.13. The number of halogens is 2. The van der Waals surface area contributed by atoms with E-state index in [9.17, 15) is 9.65 Å². The first-order valence-electron chi connectivity index (χ1n) is 8.60. The van der Waals surface area contributed by atoms with E-state index in [1.165, 1.54) is 18.5 Å². The second kappa shape index (κ2) is 7.04. The molecule has 1 saturated heterocycles. The van der Waals surface area contributed by atoms with Gasteiger partial charge in [0.15, 0.2) is 0 Å². The monoisotopic (exact) mass is 373 g/mol. The van der Waals surface area contributed by atoms with Gasteiger partial charge in [0.1, 0.15) is 17.5 Å². The van der Waals surface area contributed by atoms with Gasteiger partial charge in [0.25, 0.3) is 0 Å². The summed E-state index contributed by atoms with van der Waals surface area (Å²) in [5.74, 6) is 1.21.